The van der Waals surface area contributed by atoms with Crippen molar-refractivity contribution in [2.24, 2.45) is 7.05 Å². The molecule has 1 saturated heterocycles. The fourth-order valence-electron chi connectivity index (χ4n) is 4.23. The number of aromatic nitrogens is 5. The maximum Gasteiger partial charge on any atom is 0.267 e. The first-order valence-corrected chi connectivity index (χ1v) is 10.9. The molecule has 9 heteroatoms. The molecule has 0 N–H and O–H groups in total. The molecule has 0 aromatic carbocycles. The number of halogens is 2. The zero-order valence-electron chi connectivity index (χ0n) is 18.6. The van der Waals surface area contributed by atoms with Crippen molar-refractivity contribution in [3.05, 3.63) is 68.5 Å². The monoisotopic (exact) mass is 451 g/mol. The minimum Gasteiger partial charge on any atom is -0.373 e. The summed E-state index contributed by atoms with van der Waals surface area (Å²) in [4.78, 5) is 30.5. The smallest absolute Gasteiger partial charge is 0.267 e. The third-order valence-electron chi connectivity index (χ3n) is 6.32. The average molecular weight is 451 g/mol. The number of nitrogens with zero attached hydrogens (tertiary/aromatic N) is 5. The predicted molar refractivity (Wildman–Crippen MR) is 118 cm³/mol. The number of rotatable bonds is 4. The van der Waals surface area contributed by atoms with Crippen molar-refractivity contribution in [2.75, 3.05) is 6.61 Å². The molecule has 1 fully saturated rings. The highest BCUT2D eigenvalue weighted by Crippen LogP contribution is 2.39. The fraction of sp³-hybridized carbons (Fsp3) is 0.417. The lowest BCUT2D eigenvalue weighted by Crippen LogP contribution is -2.23. The number of pyridine rings is 1. The van der Waals surface area contributed by atoms with Gasteiger partial charge in [-0.1, -0.05) is 0 Å². The van der Waals surface area contributed by atoms with Crippen LogP contribution in [0.1, 0.15) is 59.8 Å². The van der Waals surface area contributed by atoms with Crippen LogP contribution < -0.4 is 5.56 Å². The van der Waals surface area contributed by atoms with Gasteiger partial charge in [0, 0.05) is 49.4 Å². The van der Waals surface area contributed by atoms with Crippen molar-refractivity contribution < 1.29 is 13.5 Å². The molecule has 4 heterocycles. The first-order chi connectivity index (χ1) is 15.8. The lowest BCUT2D eigenvalue weighted by molar-refractivity contribution is 0.00362. The topological polar surface area (TPSA) is 82.8 Å². The Morgan fingerprint density at radius 1 is 1.15 bits per heavy atom. The molecule has 170 valence electrons. The zero-order chi connectivity index (χ0) is 23.3. The van der Waals surface area contributed by atoms with Crippen LogP contribution in [0.25, 0.3) is 16.7 Å². The van der Waals surface area contributed by atoms with Crippen LogP contribution in [-0.4, -0.2) is 37.5 Å². The second-order valence-corrected chi connectivity index (χ2v) is 8.60. The van der Waals surface area contributed by atoms with E-state index < -0.39 is 6.43 Å². The van der Waals surface area contributed by atoms with Gasteiger partial charge in [-0.15, -0.1) is 5.73 Å². The lowest BCUT2D eigenvalue weighted by atomic mass is 9.90. The van der Waals surface area contributed by atoms with E-state index in [0.717, 1.165) is 23.4 Å². The van der Waals surface area contributed by atoms with Crippen molar-refractivity contribution in [2.45, 2.75) is 51.6 Å². The average Bonchev–Trinajstić information content (AvgIpc) is 2.75. The van der Waals surface area contributed by atoms with Gasteiger partial charge >= 0.3 is 0 Å². The summed E-state index contributed by atoms with van der Waals surface area (Å²) in [6, 6.07) is 3.32. The van der Waals surface area contributed by atoms with Gasteiger partial charge < -0.3 is 9.30 Å². The maximum atomic E-state index is 13.0. The molecule has 5 rings (SSSR count). The molecule has 1 aliphatic heterocycles. The molecular weight excluding hydrogens is 428 g/mol. The highest BCUT2D eigenvalue weighted by Gasteiger charge is 2.30. The third-order valence-corrected chi connectivity index (χ3v) is 6.32. The molecule has 2 atom stereocenters. The van der Waals surface area contributed by atoms with Crippen LogP contribution in [0.2, 0.25) is 0 Å². The normalized spacial score (nSPS) is 20.5. The van der Waals surface area contributed by atoms with E-state index in [9.17, 15) is 13.6 Å². The first-order valence-electron chi connectivity index (χ1n) is 10.9. The molecule has 0 saturated carbocycles. The molecular formula is C24H23F2N5O2. The van der Waals surface area contributed by atoms with E-state index in [1.54, 1.807) is 19.3 Å². The summed E-state index contributed by atoms with van der Waals surface area (Å²) in [5, 5.41) is 0. The van der Waals surface area contributed by atoms with E-state index >= 15 is 0 Å². The number of fused-ring (bicyclic) bond motifs is 1. The van der Waals surface area contributed by atoms with Gasteiger partial charge in [-0.25, -0.2) is 28.7 Å². The summed E-state index contributed by atoms with van der Waals surface area (Å²) in [7, 11) is 1.71. The minimum absolute atomic E-state index is 0.00762. The van der Waals surface area contributed by atoms with E-state index in [-0.39, 0.29) is 29.6 Å². The number of ether oxygens (including phenoxy) is 1. The van der Waals surface area contributed by atoms with Crippen LogP contribution in [0.4, 0.5) is 8.78 Å². The molecule has 0 amide bonds. The van der Waals surface area contributed by atoms with Crippen molar-refractivity contribution in [1.29, 1.82) is 0 Å². The van der Waals surface area contributed by atoms with Gasteiger partial charge in [0.05, 0.1) is 17.5 Å². The van der Waals surface area contributed by atoms with Crippen molar-refractivity contribution in [3.8, 4) is 0 Å². The lowest BCUT2D eigenvalue weighted by Gasteiger charge is -2.29. The van der Waals surface area contributed by atoms with Crippen LogP contribution in [0.15, 0.2) is 34.4 Å². The van der Waals surface area contributed by atoms with Gasteiger partial charge in [0.2, 0.25) is 5.56 Å². The van der Waals surface area contributed by atoms with E-state index in [2.05, 4.69) is 15.7 Å². The summed E-state index contributed by atoms with van der Waals surface area (Å²) in [6.07, 6.45) is 0.565. The van der Waals surface area contributed by atoms with E-state index in [0.29, 0.717) is 41.3 Å². The SMILES string of the molecule is Cc1nc2nc(C3CCOC(c4ccc(=O)n(C)c4)C3)nc(C3=C=C(C(F)F)C3)c2nc1C. The Morgan fingerprint density at radius 2 is 1.91 bits per heavy atom. The molecule has 2 aliphatic rings. The van der Waals surface area contributed by atoms with E-state index in [1.807, 2.05) is 13.8 Å². The number of allylic oxidation sites excluding steroid dienone is 1. The number of alkyl halides is 2. The van der Waals surface area contributed by atoms with Crippen LogP contribution in [0.5, 0.6) is 0 Å². The first kappa shape index (κ1) is 21.6. The van der Waals surface area contributed by atoms with Gasteiger partial charge in [0.15, 0.2) is 5.65 Å². The fourth-order valence-corrected chi connectivity index (χ4v) is 4.23. The standard InChI is InChI=1S/C24H23F2N5O2/c1-12-13(2)28-24-21(27-12)20(16-8-17(9-16)22(25)26)29-23(30-24)14-6-7-33-18(10-14)15-4-5-19(32)31(3)11-15/h4-5,11,14,18,22H,6-8,10H2,1-3H3. The Labute approximate surface area is 188 Å². The molecule has 3 aromatic heterocycles. The Hall–Kier alpha value is -3.29. The third kappa shape index (κ3) is 3.98. The second-order valence-electron chi connectivity index (χ2n) is 8.60. The summed E-state index contributed by atoms with van der Waals surface area (Å²) in [6.45, 7) is 4.24. The molecule has 0 spiro atoms. The second kappa shape index (κ2) is 8.24. The molecule has 0 radical (unpaired) electrons. The Kier molecular flexibility index (Phi) is 5.38. The van der Waals surface area contributed by atoms with E-state index in [1.165, 1.54) is 10.6 Å². The Morgan fingerprint density at radius 3 is 2.64 bits per heavy atom. The van der Waals surface area contributed by atoms with Gasteiger partial charge in [0.25, 0.3) is 6.43 Å². The van der Waals surface area contributed by atoms with Crippen molar-refractivity contribution in [1.82, 2.24) is 24.5 Å². The van der Waals surface area contributed by atoms with Gasteiger partial charge in [-0.2, -0.15) is 0 Å². The Bertz CT molecular complexity index is 1390. The molecule has 0 bridgehead atoms. The van der Waals surface area contributed by atoms with Crippen LogP contribution >= 0.6 is 0 Å². The summed E-state index contributed by atoms with van der Waals surface area (Å²) in [5.74, 6) is 0.597. The highest BCUT2D eigenvalue weighted by molar-refractivity contribution is 5.87. The zero-order valence-corrected chi connectivity index (χ0v) is 18.6. The highest BCUT2D eigenvalue weighted by atomic mass is 19.3. The summed E-state index contributed by atoms with van der Waals surface area (Å²) in [5.41, 5.74) is 7.21. The van der Waals surface area contributed by atoms with Gasteiger partial charge in [0.1, 0.15) is 17.0 Å². The summed E-state index contributed by atoms with van der Waals surface area (Å²) < 4.78 is 33.5. The Balaban J connectivity index is 1.56. The number of hydrogen-bond acceptors (Lipinski definition) is 6. The quantitative estimate of drug-likeness (QED) is 0.559. The van der Waals surface area contributed by atoms with Crippen LogP contribution in [0.3, 0.4) is 0 Å². The number of aryl methyl sites for hydroxylation is 3. The van der Waals surface area contributed by atoms with Crippen LogP contribution in [0, 0.1) is 13.8 Å². The minimum atomic E-state index is -2.52. The summed E-state index contributed by atoms with van der Waals surface area (Å²) >= 11 is 0. The molecule has 3 aromatic rings. The van der Waals surface area contributed by atoms with Crippen molar-refractivity contribution in [3.63, 3.8) is 0 Å². The maximum absolute atomic E-state index is 13.0. The van der Waals surface area contributed by atoms with Gasteiger partial charge in [-0.05, 0) is 38.3 Å². The number of hydrogen-bond donors (Lipinski definition) is 0. The van der Waals surface area contributed by atoms with E-state index in [4.69, 9.17) is 14.7 Å². The van der Waals surface area contributed by atoms with Crippen LogP contribution in [-0.2, 0) is 11.8 Å². The molecule has 1 aliphatic carbocycles. The molecule has 33 heavy (non-hydrogen) atoms. The molecule has 7 nitrogen and oxygen atoms in total. The van der Waals surface area contributed by atoms with Gasteiger partial charge in [-0.3, -0.25) is 4.79 Å². The molecule has 2 unspecified atom stereocenters. The van der Waals surface area contributed by atoms with Crippen molar-refractivity contribution >= 4 is 16.7 Å². The predicted octanol–water partition coefficient (Wildman–Crippen LogP) is 3.95. The largest absolute Gasteiger partial charge is 0.373 e.